The molecule has 1 rings (SSSR count). The van der Waals surface area contributed by atoms with Crippen LogP contribution in [0.3, 0.4) is 0 Å². The number of hydrogen-bond acceptors (Lipinski definition) is 3. The fraction of sp³-hybridized carbons (Fsp3) is 0.538. The van der Waals surface area contributed by atoms with E-state index in [9.17, 15) is 5.11 Å². The summed E-state index contributed by atoms with van der Waals surface area (Å²) in [6.45, 7) is 3.82. The van der Waals surface area contributed by atoms with E-state index in [0.717, 1.165) is 24.5 Å². The van der Waals surface area contributed by atoms with Crippen molar-refractivity contribution in [2.75, 3.05) is 18.8 Å². The van der Waals surface area contributed by atoms with Gasteiger partial charge in [0.2, 0.25) is 0 Å². The molecule has 3 heteroatoms. The molecular weight excluding hydrogens is 218 g/mol. The number of rotatable bonds is 8. The van der Waals surface area contributed by atoms with Crippen molar-refractivity contribution in [2.24, 2.45) is 0 Å². The molecule has 0 radical (unpaired) electrons. The van der Waals surface area contributed by atoms with Crippen LogP contribution in [0.4, 0.5) is 0 Å². The van der Waals surface area contributed by atoms with Crippen molar-refractivity contribution >= 4 is 11.8 Å². The molecule has 2 nitrogen and oxygen atoms in total. The van der Waals surface area contributed by atoms with E-state index in [1.54, 1.807) is 11.8 Å². The van der Waals surface area contributed by atoms with Crippen molar-refractivity contribution in [1.29, 1.82) is 0 Å². The molecule has 0 aliphatic heterocycles. The maximum Gasteiger partial charge on any atom is 0.0754 e. The fourth-order valence-corrected chi connectivity index (χ4v) is 2.33. The lowest BCUT2D eigenvalue weighted by atomic mass is 10.2. The predicted molar refractivity (Wildman–Crippen MR) is 71.8 cm³/mol. The first-order chi connectivity index (χ1) is 7.83. The summed E-state index contributed by atoms with van der Waals surface area (Å²) in [4.78, 5) is 0. The summed E-state index contributed by atoms with van der Waals surface area (Å²) >= 11 is 1.78. The van der Waals surface area contributed by atoms with Crippen LogP contribution in [0.1, 0.15) is 18.9 Å². The van der Waals surface area contributed by atoms with Crippen molar-refractivity contribution in [3.8, 4) is 0 Å². The van der Waals surface area contributed by atoms with Crippen LogP contribution < -0.4 is 5.32 Å². The molecule has 1 unspecified atom stereocenters. The Hall–Kier alpha value is -0.510. The molecule has 0 bridgehead atoms. The minimum atomic E-state index is -0.236. The summed E-state index contributed by atoms with van der Waals surface area (Å²) in [5.41, 5.74) is 1.32. The third-order valence-electron chi connectivity index (χ3n) is 2.23. The van der Waals surface area contributed by atoms with Gasteiger partial charge in [-0.25, -0.2) is 0 Å². The first kappa shape index (κ1) is 13.6. The second-order valence-electron chi connectivity index (χ2n) is 3.86. The van der Waals surface area contributed by atoms with Crippen molar-refractivity contribution in [1.82, 2.24) is 5.32 Å². The zero-order valence-corrected chi connectivity index (χ0v) is 10.7. The first-order valence-electron chi connectivity index (χ1n) is 5.83. The molecule has 2 N–H and O–H groups in total. The van der Waals surface area contributed by atoms with E-state index >= 15 is 0 Å². The van der Waals surface area contributed by atoms with E-state index in [4.69, 9.17) is 0 Å². The van der Waals surface area contributed by atoms with Gasteiger partial charge in [-0.2, -0.15) is 11.8 Å². The molecule has 90 valence electrons. The van der Waals surface area contributed by atoms with Crippen molar-refractivity contribution in [2.45, 2.75) is 25.2 Å². The van der Waals surface area contributed by atoms with Crippen LogP contribution in [-0.4, -0.2) is 30.1 Å². The second-order valence-corrected chi connectivity index (χ2v) is 4.89. The number of thioether (sulfide) groups is 1. The van der Waals surface area contributed by atoms with Crippen molar-refractivity contribution < 1.29 is 5.11 Å². The van der Waals surface area contributed by atoms with E-state index < -0.39 is 0 Å². The lowest BCUT2D eigenvalue weighted by Gasteiger charge is -2.10. The zero-order chi connectivity index (χ0) is 11.6. The molecule has 1 atom stereocenters. The zero-order valence-electron chi connectivity index (χ0n) is 9.86. The molecule has 0 aromatic heterocycles. The third kappa shape index (κ3) is 6.16. The molecule has 0 heterocycles. The van der Waals surface area contributed by atoms with E-state index in [1.807, 2.05) is 6.07 Å². The highest BCUT2D eigenvalue weighted by molar-refractivity contribution is 7.98. The molecule has 1 aromatic rings. The van der Waals surface area contributed by atoms with E-state index in [-0.39, 0.29) is 6.10 Å². The highest BCUT2D eigenvalue weighted by atomic mass is 32.2. The maximum absolute atomic E-state index is 9.67. The Labute approximate surface area is 102 Å². The SMILES string of the molecule is CCCNCC(O)CSCc1ccccc1. The monoisotopic (exact) mass is 239 g/mol. The summed E-state index contributed by atoms with van der Waals surface area (Å²) in [5.74, 6) is 1.78. The van der Waals surface area contributed by atoms with E-state index in [2.05, 4.69) is 36.5 Å². The fourth-order valence-electron chi connectivity index (χ4n) is 1.39. The predicted octanol–water partition coefficient (Wildman–Crippen LogP) is 2.28. The molecule has 0 fully saturated rings. The third-order valence-corrected chi connectivity index (χ3v) is 3.39. The van der Waals surface area contributed by atoms with Gasteiger partial charge in [0.25, 0.3) is 0 Å². The van der Waals surface area contributed by atoms with Gasteiger partial charge >= 0.3 is 0 Å². The van der Waals surface area contributed by atoms with Gasteiger partial charge in [0.15, 0.2) is 0 Å². The van der Waals surface area contributed by atoms with Crippen LogP contribution in [0.2, 0.25) is 0 Å². The number of nitrogens with one attached hydrogen (secondary N) is 1. The number of benzene rings is 1. The molecule has 0 spiro atoms. The molecule has 0 aliphatic carbocycles. The van der Waals surface area contributed by atoms with E-state index in [1.165, 1.54) is 5.56 Å². The van der Waals surface area contributed by atoms with Gasteiger partial charge in [0, 0.05) is 18.1 Å². The van der Waals surface area contributed by atoms with E-state index in [0.29, 0.717) is 6.54 Å². The number of aliphatic hydroxyl groups is 1. The molecule has 0 aliphatic rings. The standard InChI is InChI=1S/C13H21NOS/c1-2-8-14-9-13(15)11-16-10-12-6-4-3-5-7-12/h3-7,13-15H,2,8-11H2,1H3. The van der Waals surface area contributed by atoms with Crippen molar-refractivity contribution in [3.63, 3.8) is 0 Å². The Kier molecular flexibility index (Phi) is 7.30. The first-order valence-corrected chi connectivity index (χ1v) is 6.99. The van der Waals surface area contributed by atoms with Gasteiger partial charge in [0.1, 0.15) is 0 Å². The summed E-state index contributed by atoms with van der Waals surface area (Å²) in [5, 5.41) is 12.9. The summed E-state index contributed by atoms with van der Waals surface area (Å²) in [6.07, 6.45) is 0.879. The molecule has 1 aromatic carbocycles. The minimum Gasteiger partial charge on any atom is -0.391 e. The van der Waals surface area contributed by atoms with Crippen LogP contribution in [0, 0.1) is 0 Å². The van der Waals surface area contributed by atoms with Crippen LogP contribution in [0.15, 0.2) is 30.3 Å². The second kappa shape index (κ2) is 8.62. The van der Waals surface area contributed by atoms with Crippen LogP contribution in [0.25, 0.3) is 0 Å². The lowest BCUT2D eigenvalue weighted by molar-refractivity contribution is 0.196. The Bertz CT molecular complexity index is 266. The molecule has 16 heavy (non-hydrogen) atoms. The van der Waals surface area contributed by atoms with Gasteiger partial charge in [-0.1, -0.05) is 37.3 Å². The Morgan fingerprint density at radius 3 is 2.75 bits per heavy atom. The Morgan fingerprint density at radius 2 is 2.06 bits per heavy atom. The lowest BCUT2D eigenvalue weighted by Crippen LogP contribution is -2.28. The van der Waals surface area contributed by atoms with Crippen LogP contribution in [-0.2, 0) is 5.75 Å². The maximum atomic E-state index is 9.67. The molecule has 0 amide bonds. The van der Waals surface area contributed by atoms with Crippen molar-refractivity contribution in [3.05, 3.63) is 35.9 Å². The smallest absolute Gasteiger partial charge is 0.0754 e. The Balaban J connectivity index is 2.06. The van der Waals surface area contributed by atoms with Gasteiger partial charge in [-0.05, 0) is 18.5 Å². The largest absolute Gasteiger partial charge is 0.391 e. The summed E-state index contributed by atoms with van der Waals surface area (Å²) < 4.78 is 0. The quantitative estimate of drug-likeness (QED) is 0.683. The minimum absolute atomic E-state index is 0.236. The van der Waals surface area contributed by atoms with Gasteiger partial charge in [0.05, 0.1) is 6.10 Å². The normalized spacial score (nSPS) is 12.6. The summed E-state index contributed by atoms with van der Waals surface area (Å²) in [7, 11) is 0. The summed E-state index contributed by atoms with van der Waals surface area (Å²) in [6, 6.07) is 10.4. The average Bonchev–Trinajstić information content (AvgIpc) is 2.31. The van der Waals surface area contributed by atoms with Gasteiger partial charge < -0.3 is 10.4 Å². The highest BCUT2D eigenvalue weighted by Crippen LogP contribution is 2.12. The average molecular weight is 239 g/mol. The topological polar surface area (TPSA) is 32.3 Å². The molecular formula is C13H21NOS. The van der Waals surface area contributed by atoms with Crippen LogP contribution in [0.5, 0.6) is 0 Å². The molecule has 0 saturated carbocycles. The van der Waals surface area contributed by atoms with Gasteiger partial charge in [-0.3, -0.25) is 0 Å². The highest BCUT2D eigenvalue weighted by Gasteiger charge is 2.03. The number of hydrogen-bond donors (Lipinski definition) is 2. The molecule has 0 saturated heterocycles. The van der Waals surface area contributed by atoms with Gasteiger partial charge in [-0.15, -0.1) is 0 Å². The number of aliphatic hydroxyl groups excluding tert-OH is 1. The Morgan fingerprint density at radius 1 is 1.31 bits per heavy atom. The van der Waals surface area contributed by atoms with Crippen LogP contribution >= 0.6 is 11.8 Å².